The number of nitrogens with one attached hydrogen (secondary N) is 1. The quantitative estimate of drug-likeness (QED) is 0.308. The number of likely N-dealkylation sites (N-methyl/N-ethyl adjacent to an activating group) is 1. The Hall–Kier alpha value is -2.28. The monoisotopic (exact) mass is 558 g/mol. The Morgan fingerprint density at radius 3 is 2.32 bits per heavy atom. The molecule has 7 heteroatoms. The van der Waals surface area contributed by atoms with Crippen molar-refractivity contribution in [2.24, 2.45) is 0 Å². The highest BCUT2D eigenvalue weighted by molar-refractivity contribution is 9.10. The molecule has 0 radical (unpaired) electrons. The standard InChI is InChI=1S/C27H28BrClN2O2S/c1-2-30-27(33)25(16-20-8-4-3-5-9-20)31(17-22-10-6-7-11-24(22)29)26(32)19-34-18-21-12-14-23(28)15-13-21/h3-15,25H,2,16-19H2,1H3,(H,30,33). The second-order valence-corrected chi connectivity index (χ2v) is 10.1. The molecule has 0 saturated heterocycles. The fraction of sp³-hybridized carbons (Fsp3) is 0.259. The number of halogens is 2. The van der Waals surface area contributed by atoms with Crippen LogP contribution in [0.5, 0.6) is 0 Å². The number of benzene rings is 3. The van der Waals surface area contributed by atoms with Crippen molar-refractivity contribution in [3.63, 3.8) is 0 Å². The molecule has 0 spiro atoms. The molecule has 1 atom stereocenters. The van der Waals surface area contributed by atoms with E-state index >= 15 is 0 Å². The Balaban J connectivity index is 1.82. The van der Waals surface area contributed by atoms with Crippen LogP contribution in [0.15, 0.2) is 83.3 Å². The van der Waals surface area contributed by atoms with Crippen molar-refractivity contribution in [2.75, 3.05) is 12.3 Å². The van der Waals surface area contributed by atoms with Gasteiger partial charge in [0.2, 0.25) is 11.8 Å². The summed E-state index contributed by atoms with van der Waals surface area (Å²) in [6.45, 7) is 2.65. The molecule has 1 N–H and O–H groups in total. The van der Waals surface area contributed by atoms with E-state index in [0.717, 1.165) is 21.2 Å². The van der Waals surface area contributed by atoms with Gasteiger partial charge in [-0.25, -0.2) is 0 Å². The fourth-order valence-corrected chi connectivity index (χ4v) is 4.91. The van der Waals surface area contributed by atoms with Crippen molar-refractivity contribution in [1.29, 1.82) is 0 Å². The van der Waals surface area contributed by atoms with Gasteiger partial charge in [0.05, 0.1) is 5.75 Å². The molecule has 0 fully saturated rings. The van der Waals surface area contributed by atoms with Gasteiger partial charge in [-0.05, 0) is 41.8 Å². The van der Waals surface area contributed by atoms with E-state index in [-0.39, 0.29) is 24.1 Å². The Labute approximate surface area is 219 Å². The number of carbonyl (C=O) groups is 2. The third-order valence-corrected chi connectivity index (χ3v) is 7.21. The molecule has 3 aromatic carbocycles. The number of rotatable bonds is 11. The third kappa shape index (κ3) is 7.90. The number of amides is 2. The van der Waals surface area contributed by atoms with Gasteiger partial charge in [-0.15, -0.1) is 11.8 Å². The van der Waals surface area contributed by atoms with E-state index in [2.05, 4.69) is 21.2 Å². The smallest absolute Gasteiger partial charge is 0.243 e. The first-order valence-electron chi connectivity index (χ1n) is 11.1. The average molecular weight is 560 g/mol. The molecular weight excluding hydrogens is 532 g/mol. The van der Waals surface area contributed by atoms with Crippen LogP contribution in [0.1, 0.15) is 23.6 Å². The van der Waals surface area contributed by atoms with Crippen LogP contribution in [0.4, 0.5) is 0 Å². The summed E-state index contributed by atoms with van der Waals surface area (Å²) in [4.78, 5) is 28.3. The van der Waals surface area contributed by atoms with Crippen molar-refractivity contribution >= 4 is 51.1 Å². The average Bonchev–Trinajstić information content (AvgIpc) is 2.84. The van der Waals surface area contributed by atoms with Crippen LogP contribution in [0.2, 0.25) is 5.02 Å². The lowest BCUT2D eigenvalue weighted by molar-refractivity contribution is -0.139. The molecule has 0 heterocycles. The number of hydrogen-bond acceptors (Lipinski definition) is 3. The molecule has 4 nitrogen and oxygen atoms in total. The minimum Gasteiger partial charge on any atom is -0.355 e. The van der Waals surface area contributed by atoms with E-state index in [9.17, 15) is 9.59 Å². The molecule has 0 aliphatic carbocycles. The Bertz CT molecular complexity index is 1080. The molecule has 0 aliphatic rings. The van der Waals surface area contributed by atoms with Crippen molar-refractivity contribution in [2.45, 2.75) is 31.7 Å². The van der Waals surface area contributed by atoms with Crippen LogP contribution in [0.3, 0.4) is 0 Å². The number of thioether (sulfide) groups is 1. The predicted octanol–water partition coefficient (Wildman–Crippen LogP) is 6.11. The summed E-state index contributed by atoms with van der Waals surface area (Å²) in [6.07, 6.45) is 0.431. The van der Waals surface area contributed by atoms with Crippen LogP contribution >= 0.6 is 39.3 Å². The van der Waals surface area contributed by atoms with Gasteiger partial charge in [-0.3, -0.25) is 9.59 Å². The second kappa shape index (κ2) is 13.6. The van der Waals surface area contributed by atoms with Crippen LogP contribution in [0.25, 0.3) is 0 Å². The number of nitrogens with zero attached hydrogens (tertiary/aromatic N) is 1. The first kappa shape index (κ1) is 26.3. The topological polar surface area (TPSA) is 49.4 Å². The van der Waals surface area contributed by atoms with Crippen molar-refractivity contribution in [3.05, 3.63) is 105 Å². The van der Waals surface area contributed by atoms with Crippen LogP contribution in [-0.4, -0.2) is 35.1 Å². The Kier molecular flexibility index (Phi) is 10.5. The van der Waals surface area contributed by atoms with E-state index in [1.54, 1.807) is 22.7 Å². The molecule has 0 saturated carbocycles. The van der Waals surface area contributed by atoms with E-state index in [4.69, 9.17) is 11.6 Å². The zero-order valence-corrected chi connectivity index (χ0v) is 22.2. The Morgan fingerprint density at radius 2 is 1.65 bits per heavy atom. The molecule has 0 bridgehead atoms. The van der Waals surface area contributed by atoms with Gasteiger partial charge in [-0.2, -0.15) is 0 Å². The third-order valence-electron chi connectivity index (χ3n) is 5.33. The Morgan fingerprint density at radius 1 is 0.971 bits per heavy atom. The normalized spacial score (nSPS) is 11.6. The lowest BCUT2D eigenvalue weighted by atomic mass is 10.0. The molecule has 34 heavy (non-hydrogen) atoms. The van der Waals surface area contributed by atoms with E-state index in [1.165, 1.54) is 0 Å². The van der Waals surface area contributed by atoms with Gasteiger partial charge in [0.15, 0.2) is 0 Å². The maximum Gasteiger partial charge on any atom is 0.243 e. The zero-order valence-electron chi connectivity index (χ0n) is 19.0. The van der Waals surface area contributed by atoms with E-state index < -0.39 is 6.04 Å². The highest BCUT2D eigenvalue weighted by Crippen LogP contribution is 2.22. The molecule has 178 valence electrons. The minimum absolute atomic E-state index is 0.0887. The molecule has 1 unspecified atom stereocenters. The van der Waals surface area contributed by atoms with Gasteiger partial charge in [-0.1, -0.05) is 88.2 Å². The van der Waals surface area contributed by atoms with Crippen LogP contribution < -0.4 is 5.32 Å². The minimum atomic E-state index is -0.639. The van der Waals surface area contributed by atoms with Gasteiger partial charge >= 0.3 is 0 Å². The predicted molar refractivity (Wildman–Crippen MR) is 145 cm³/mol. The highest BCUT2D eigenvalue weighted by atomic mass is 79.9. The van der Waals surface area contributed by atoms with Gasteiger partial charge in [0.1, 0.15) is 6.04 Å². The first-order valence-corrected chi connectivity index (χ1v) is 13.5. The van der Waals surface area contributed by atoms with Crippen LogP contribution in [-0.2, 0) is 28.3 Å². The van der Waals surface area contributed by atoms with Gasteiger partial charge in [0, 0.05) is 34.8 Å². The molecular formula is C27H28BrClN2O2S. The maximum atomic E-state index is 13.5. The van der Waals surface area contributed by atoms with Crippen molar-refractivity contribution in [3.8, 4) is 0 Å². The van der Waals surface area contributed by atoms with E-state index in [1.807, 2.05) is 79.7 Å². The second-order valence-electron chi connectivity index (χ2n) is 7.83. The first-order chi connectivity index (χ1) is 16.5. The summed E-state index contributed by atoms with van der Waals surface area (Å²) in [7, 11) is 0. The highest BCUT2D eigenvalue weighted by Gasteiger charge is 2.30. The van der Waals surface area contributed by atoms with Gasteiger partial charge in [0.25, 0.3) is 0 Å². The van der Waals surface area contributed by atoms with E-state index in [0.29, 0.717) is 23.7 Å². The largest absolute Gasteiger partial charge is 0.355 e. The molecule has 0 aliphatic heterocycles. The number of carbonyl (C=O) groups excluding carboxylic acids is 2. The summed E-state index contributed by atoms with van der Waals surface area (Å²) in [5.41, 5.74) is 2.96. The summed E-state index contributed by atoms with van der Waals surface area (Å²) in [5.74, 6) is 0.730. The fourth-order valence-electron chi connectivity index (χ4n) is 3.58. The lowest BCUT2D eigenvalue weighted by Crippen LogP contribution is -2.51. The summed E-state index contributed by atoms with van der Waals surface area (Å²) in [5, 5.41) is 3.49. The van der Waals surface area contributed by atoms with Crippen molar-refractivity contribution in [1.82, 2.24) is 10.2 Å². The number of hydrogen-bond donors (Lipinski definition) is 1. The SMILES string of the molecule is CCNC(=O)C(Cc1ccccc1)N(Cc1ccccc1Cl)C(=O)CSCc1ccc(Br)cc1. The maximum absolute atomic E-state index is 13.5. The van der Waals surface area contributed by atoms with Crippen LogP contribution in [0, 0.1) is 0 Å². The summed E-state index contributed by atoms with van der Waals surface area (Å²) < 4.78 is 1.02. The van der Waals surface area contributed by atoms with Gasteiger partial charge < -0.3 is 10.2 Å². The lowest BCUT2D eigenvalue weighted by Gasteiger charge is -2.31. The summed E-state index contributed by atoms with van der Waals surface area (Å²) >= 11 is 11.4. The molecule has 3 rings (SSSR count). The zero-order chi connectivity index (χ0) is 24.3. The molecule has 0 aromatic heterocycles. The summed E-state index contributed by atoms with van der Waals surface area (Å²) in [6, 6.07) is 24.7. The molecule has 3 aromatic rings. The van der Waals surface area contributed by atoms with Crippen molar-refractivity contribution < 1.29 is 9.59 Å². The molecule has 2 amide bonds.